The maximum absolute atomic E-state index is 11.1. The Hall–Kier alpha value is -2.61. The van der Waals surface area contributed by atoms with E-state index in [2.05, 4.69) is 19.8 Å². The number of carboxylic acid groups (broad SMARTS) is 1. The number of aromatic carboxylic acids is 1. The quantitative estimate of drug-likeness (QED) is 0.778. The number of hydrogen-bond acceptors (Lipinski definition) is 7. The number of carboxylic acids is 1. The molecule has 0 radical (unpaired) electrons. The van der Waals surface area contributed by atoms with Crippen molar-refractivity contribution in [2.75, 3.05) is 0 Å². The zero-order chi connectivity index (χ0) is 13.2. The summed E-state index contributed by atoms with van der Waals surface area (Å²) in [6.07, 6.45) is 0. The van der Waals surface area contributed by atoms with Gasteiger partial charge in [0.2, 0.25) is 5.89 Å². The summed E-state index contributed by atoms with van der Waals surface area (Å²) < 4.78 is 9.12. The maximum atomic E-state index is 11.1. The van der Waals surface area contributed by atoms with Crippen molar-refractivity contribution < 1.29 is 14.3 Å². The van der Waals surface area contributed by atoms with Crippen LogP contribution in [0.5, 0.6) is 0 Å². The highest BCUT2D eigenvalue weighted by Crippen LogP contribution is 2.25. The summed E-state index contributed by atoms with van der Waals surface area (Å²) in [7, 11) is 0. The lowest BCUT2D eigenvalue weighted by atomic mass is 10.1. The summed E-state index contributed by atoms with van der Waals surface area (Å²) in [5.74, 6) is -0.699. The van der Waals surface area contributed by atoms with Gasteiger partial charge in [0.25, 0.3) is 5.89 Å². The van der Waals surface area contributed by atoms with Gasteiger partial charge in [-0.15, -0.1) is 15.3 Å². The molecule has 7 nitrogen and oxygen atoms in total. The van der Waals surface area contributed by atoms with E-state index in [4.69, 9.17) is 9.52 Å². The molecule has 0 spiro atoms. The Morgan fingerprint density at radius 2 is 1.95 bits per heavy atom. The van der Waals surface area contributed by atoms with Gasteiger partial charge in [0.1, 0.15) is 0 Å². The molecule has 2 aromatic heterocycles. The highest BCUT2D eigenvalue weighted by atomic mass is 32.1. The van der Waals surface area contributed by atoms with Gasteiger partial charge < -0.3 is 9.52 Å². The van der Waals surface area contributed by atoms with E-state index in [1.165, 1.54) is 6.07 Å². The van der Waals surface area contributed by atoms with Gasteiger partial charge in [0, 0.05) is 5.38 Å². The monoisotopic (exact) mass is 274 g/mol. The second-order valence-electron chi connectivity index (χ2n) is 3.55. The number of carbonyl (C=O) groups is 1. The first-order valence-corrected chi connectivity index (χ1v) is 6.03. The SMILES string of the molecule is O=C(O)c1ccccc1-c1nnc(-c2csnn2)o1. The molecule has 94 valence electrons. The van der Waals surface area contributed by atoms with Gasteiger partial charge >= 0.3 is 5.97 Å². The first-order valence-electron chi connectivity index (χ1n) is 5.19. The Labute approximate surface area is 110 Å². The van der Waals surface area contributed by atoms with Crippen molar-refractivity contribution in [2.24, 2.45) is 0 Å². The molecule has 0 aliphatic rings. The number of benzene rings is 1. The lowest BCUT2D eigenvalue weighted by molar-refractivity contribution is 0.0697. The fraction of sp³-hybridized carbons (Fsp3) is 0. The van der Waals surface area contributed by atoms with E-state index in [0.29, 0.717) is 11.3 Å². The molecule has 3 rings (SSSR count). The van der Waals surface area contributed by atoms with Gasteiger partial charge in [0.05, 0.1) is 11.1 Å². The van der Waals surface area contributed by atoms with Gasteiger partial charge in [-0.05, 0) is 23.7 Å². The van der Waals surface area contributed by atoms with E-state index in [9.17, 15) is 4.79 Å². The van der Waals surface area contributed by atoms with Crippen molar-refractivity contribution in [2.45, 2.75) is 0 Å². The molecule has 1 aromatic carbocycles. The molecule has 19 heavy (non-hydrogen) atoms. The number of nitrogens with zero attached hydrogens (tertiary/aromatic N) is 4. The molecular formula is C11H6N4O3S. The van der Waals surface area contributed by atoms with Gasteiger partial charge in [-0.3, -0.25) is 0 Å². The largest absolute Gasteiger partial charge is 0.478 e. The van der Waals surface area contributed by atoms with Gasteiger partial charge in [-0.2, -0.15) is 0 Å². The first kappa shape index (κ1) is 11.5. The van der Waals surface area contributed by atoms with E-state index in [1.54, 1.807) is 23.6 Å². The highest BCUT2D eigenvalue weighted by molar-refractivity contribution is 7.03. The molecule has 3 aromatic rings. The fourth-order valence-electron chi connectivity index (χ4n) is 1.55. The summed E-state index contributed by atoms with van der Waals surface area (Å²) >= 11 is 1.16. The van der Waals surface area contributed by atoms with E-state index >= 15 is 0 Å². The summed E-state index contributed by atoms with van der Waals surface area (Å²) in [5, 5.41) is 22.3. The average Bonchev–Trinajstić information content (AvgIpc) is 3.09. The third kappa shape index (κ3) is 2.08. The van der Waals surface area contributed by atoms with Crippen molar-refractivity contribution in [3.63, 3.8) is 0 Å². The molecule has 0 saturated carbocycles. The van der Waals surface area contributed by atoms with Crippen molar-refractivity contribution in [1.82, 2.24) is 19.8 Å². The molecule has 2 heterocycles. The van der Waals surface area contributed by atoms with E-state index in [0.717, 1.165) is 11.5 Å². The molecule has 0 atom stereocenters. The van der Waals surface area contributed by atoms with Gasteiger partial charge in [0.15, 0.2) is 5.69 Å². The minimum Gasteiger partial charge on any atom is -0.478 e. The Kier molecular flexibility index (Phi) is 2.76. The second-order valence-corrected chi connectivity index (χ2v) is 4.16. The lowest BCUT2D eigenvalue weighted by Crippen LogP contribution is -1.98. The Morgan fingerprint density at radius 1 is 1.16 bits per heavy atom. The van der Waals surface area contributed by atoms with Crippen LogP contribution in [0.4, 0.5) is 0 Å². The van der Waals surface area contributed by atoms with E-state index < -0.39 is 5.97 Å². The second kappa shape index (κ2) is 4.58. The van der Waals surface area contributed by atoms with Crippen LogP contribution in [-0.2, 0) is 0 Å². The van der Waals surface area contributed by atoms with E-state index in [-0.39, 0.29) is 17.3 Å². The van der Waals surface area contributed by atoms with Crippen LogP contribution in [0.3, 0.4) is 0 Å². The van der Waals surface area contributed by atoms with Crippen LogP contribution in [0.25, 0.3) is 23.0 Å². The average molecular weight is 274 g/mol. The van der Waals surface area contributed by atoms with Crippen LogP contribution in [0.1, 0.15) is 10.4 Å². The van der Waals surface area contributed by atoms with Crippen LogP contribution in [0.2, 0.25) is 0 Å². The van der Waals surface area contributed by atoms with Gasteiger partial charge in [-0.25, -0.2) is 4.79 Å². The molecular weight excluding hydrogens is 268 g/mol. The van der Waals surface area contributed by atoms with E-state index in [1.807, 2.05) is 0 Å². The maximum Gasteiger partial charge on any atom is 0.336 e. The van der Waals surface area contributed by atoms with Crippen molar-refractivity contribution in [1.29, 1.82) is 0 Å². The van der Waals surface area contributed by atoms with Crippen LogP contribution in [0, 0.1) is 0 Å². The fourth-order valence-corrected chi connectivity index (χ4v) is 1.98. The molecule has 0 unspecified atom stereocenters. The summed E-state index contributed by atoms with van der Waals surface area (Å²) in [6, 6.07) is 6.43. The molecule has 0 amide bonds. The summed E-state index contributed by atoms with van der Waals surface area (Å²) in [4.78, 5) is 11.1. The Morgan fingerprint density at radius 3 is 2.68 bits per heavy atom. The number of rotatable bonds is 3. The molecule has 0 fully saturated rings. The summed E-state index contributed by atoms with van der Waals surface area (Å²) in [5.41, 5.74) is 0.947. The minimum absolute atomic E-state index is 0.106. The molecule has 8 heteroatoms. The van der Waals surface area contributed by atoms with Crippen LogP contribution in [0.15, 0.2) is 34.1 Å². The lowest BCUT2D eigenvalue weighted by Gasteiger charge is -1.99. The molecule has 1 N–H and O–H groups in total. The summed E-state index contributed by atoms with van der Waals surface area (Å²) in [6.45, 7) is 0. The normalized spacial score (nSPS) is 10.5. The van der Waals surface area contributed by atoms with Crippen molar-refractivity contribution in [3.05, 3.63) is 35.2 Å². The predicted molar refractivity (Wildman–Crippen MR) is 65.6 cm³/mol. The van der Waals surface area contributed by atoms with Gasteiger partial charge in [-0.1, -0.05) is 16.6 Å². The van der Waals surface area contributed by atoms with Crippen LogP contribution in [-0.4, -0.2) is 30.9 Å². The molecule has 0 aliphatic heterocycles. The molecule has 0 bridgehead atoms. The number of hydrogen-bond donors (Lipinski definition) is 1. The zero-order valence-corrected chi connectivity index (χ0v) is 10.2. The van der Waals surface area contributed by atoms with Crippen LogP contribution < -0.4 is 0 Å². The smallest absolute Gasteiger partial charge is 0.336 e. The molecule has 0 saturated heterocycles. The molecule has 0 aliphatic carbocycles. The number of aromatic nitrogens is 4. The zero-order valence-electron chi connectivity index (χ0n) is 9.35. The third-order valence-corrected chi connectivity index (χ3v) is 2.90. The standard InChI is InChI=1S/C11H6N4O3S/c16-11(17)7-4-2-1-3-6(7)9-13-14-10(18-9)8-5-19-15-12-8/h1-5H,(H,16,17). The topological polar surface area (TPSA) is 102 Å². The van der Waals surface area contributed by atoms with Crippen molar-refractivity contribution in [3.8, 4) is 23.0 Å². The highest BCUT2D eigenvalue weighted by Gasteiger charge is 2.17. The van der Waals surface area contributed by atoms with Crippen molar-refractivity contribution >= 4 is 17.5 Å². The predicted octanol–water partition coefficient (Wildman–Crippen LogP) is 1.95. The first-order chi connectivity index (χ1) is 9.25. The third-order valence-electron chi connectivity index (χ3n) is 2.39. The Balaban J connectivity index is 2.06. The minimum atomic E-state index is -1.05. The van der Waals surface area contributed by atoms with Crippen LogP contribution >= 0.6 is 11.5 Å². The Bertz CT molecular complexity index is 723.